The molecule has 0 aromatic heterocycles. The van der Waals surface area contributed by atoms with Crippen molar-refractivity contribution in [3.63, 3.8) is 0 Å². The summed E-state index contributed by atoms with van der Waals surface area (Å²) >= 11 is 5.81. The summed E-state index contributed by atoms with van der Waals surface area (Å²) < 4.78 is 0. The summed E-state index contributed by atoms with van der Waals surface area (Å²) in [7, 11) is 0. The van der Waals surface area contributed by atoms with Crippen LogP contribution in [0, 0.1) is 0 Å². The Hall–Kier alpha value is -2.77. The van der Waals surface area contributed by atoms with Gasteiger partial charge >= 0.3 is 0 Å². The molecule has 0 aliphatic carbocycles. The van der Waals surface area contributed by atoms with Crippen LogP contribution in [0.3, 0.4) is 0 Å². The van der Waals surface area contributed by atoms with E-state index in [4.69, 9.17) is 12.2 Å². The molecular weight excluding hydrogens is 308 g/mol. The van der Waals surface area contributed by atoms with Crippen LogP contribution in [0.2, 0.25) is 0 Å². The molecule has 0 spiro atoms. The molecule has 24 heavy (non-hydrogen) atoms. The molecule has 0 amide bonds. The van der Waals surface area contributed by atoms with Gasteiger partial charge in [0.05, 0.1) is 4.86 Å². The topological polar surface area (TPSA) is 0 Å². The zero-order valence-corrected chi connectivity index (χ0v) is 13.8. The van der Waals surface area contributed by atoms with Gasteiger partial charge in [-0.05, 0) is 37.9 Å². The third-order valence-corrected chi connectivity index (χ3v) is 5.26. The fraction of sp³-hybridized carbons (Fsp3) is 0. The first-order valence-corrected chi connectivity index (χ1v) is 8.50. The van der Waals surface area contributed by atoms with Crippen molar-refractivity contribution in [3.8, 4) is 0 Å². The molecule has 112 valence electrons. The summed E-state index contributed by atoms with van der Waals surface area (Å²) in [5.41, 5.74) is 2.24. The van der Waals surface area contributed by atoms with Gasteiger partial charge in [-0.2, -0.15) is 0 Å². The van der Waals surface area contributed by atoms with Crippen LogP contribution in [-0.4, -0.2) is 4.86 Å². The monoisotopic (exact) mass is 322 g/mol. The lowest BCUT2D eigenvalue weighted by Gasteiger charge is -2.14. The summed E-state index contributed by atoms with van der Waals surface area (Å²) in [6.07, 6.45) is 0. The average Bonchev–Trinajstić information content (AvgIpc) is 2.66. The summed E-state index contributed by atoms with van der Waals surface area (Å²) in [5, 5.41) is 7.74. The Labute approximate surface area is 145 Å². The predicted octanol–water partition coefficient (Wildman–Crippen LogP) is 6.35. The third kappa shape index (κ3) is 1.88. The van der Waals surface area contributed by atoms with E-state index in [0.717, 1.165) is 16.0 Å². The van der Waals surface area contributed by atoms with Gasteiger partial charge in [-0.15, -0.1) is 0 Å². The first kappa shape index (κ1) is 13.6. The SMILES string of the molecule is S=C(c1ccccc1)c1ccc2ccc3cccc4ccc1c2c34. The van der Waals surface area contributed by atoms with Crippen molar-refractivity contribution < 1.29 is 0 Å². The fourth-order valence-electron chi connectivity index (χ4n) is 3.68. The highest BCUT2D eigenvalue weighted by atomic mass is 32.1. The number of rotatable bonds is 2. The minimum Gasteiger partial charge on any atom is -0.0788 e. The van der Waals surface area contributed by atoms with Gasteiger partial charge in [-0.1, -0.05) is 97.1 Å². The molecule has 1 heteroatoms. The Kier molecular flexibility index (Phi) is 2.91. The van der Waals surface area contributed by atoms with Crippen molar-refractivity contribution in [2.75, 3.05) is 0 Å². The molecular formula is C23H14S. The second-order valence-corrected chi connectivity index (χ2v) is 6.57. The highest BCUT2D eigenvalue weighted by Gasteiger charge is 2.13. The van der Waals surface area contributed by atoms with Crippen LogP contribution in [0.4, 0.5) is 0 Å². The second-order valence-electron chi connectivity index (χ2n) is 6.16. The molecule has 0 N–H and O–H groups in total. The van der Waals surface area contributed by atoms with Crippen LogP contribution in [0.1, 0.15) is 11.1 Å². The minimum absolute atomic E-state index is 0.911. The highest BCUT2D eigenvalue weighted by molar-refractivity contribution is 7.81. The summed E-state index contributed by atoms with van der Waals surface area (Å²) in [6, 6.07) is 30.0. The van der Waals surface area contributed by atoms with Crippen molar-refractivity contribution >= 4 is 49.4 Å². The molecule has 0 atom stereocenters. The van der Waals surface area contributed by atoms with E-state index >= 15 is 0 Å². The molecule has 0 heterocycles. The second kappa shape index (κ2) is 5.12. The van der Waals surface area contributed by atoms with Crippen molar-refractivity contribution in [2.45, 2.75) is 0 Å². The van der Waals surface area contributed by atoms with E-state index in [2.05, 4.69) is 66.7 Å². The van der Waals surface area contributed by atoms with Gasteiger partial charge in [-0.25, -0.2) is 0 Å². The lowest BCUT2D eigenvalue weighted by atomic mass is 9.90. The number of benzene rings is 5. The quantitative estimate of drug-likeness (QED) is 0.207. The van der Waals surface area contributed by atoms with Crippen LogP contribution in [-0.2, 0) is 0 Å². The number of thiocarbonyl (C=S) groups is 1. The zero-order chi connectivity index (χ0) is 16.1. The van der Waals surface area contributed by atoms with Gasteiger partial charge in [0.2, 0.25) is 0 Å². The Bertz CT molecular complexity index is 1190. The van der Waals surface area contributed by atoms with E-state index < -0.39 is 0 Å². The van der Waals surface area contributed by atoms with E-state index in [1.807, 2.05) is 18.2 Å². The molecule has 5 aromatic carbocycles. The van der Waals surface area contributed by atoms with Gasteiger partial charge in [0.15, 0.2) is 0 Å². The van der Waals surface area contributed by atoms with Gasteiger partial charge < -0.3 is 0 Å². The van der Waals surface area contributed by atoms with Crippen LogP contribution < -0.4 is 0 Å². The molecule has 5 aromatic rings. The van der Waals surface area contributed by atoms with Crippen molar-refractivity contribution in [1.29, 1.82) is 0 Å². The Balaban J connectivity index is 1.89. The molecule has 0 radical (unpaired) electrons. The lowest BCUT2D eigenvalue weighted by molar-refractivity contribution is 1.65. The summed E-state index contributed by atoms with van der Waals surface area (Å²) in [5.74, 6) is 0. The first-order valence-electron chi connectivity index (χ1n) is 8.09. The average molecular weight is 322 g/mol. The van der Waals surface area contributed by atoms with Crippen LogP contribution in [0.15, 0.2) is 84.9 Å². The normalized spacial score (nSPS) is 11.5. The van der Waals surface area contributed by atoms with Crippen molar-refractivity contribution in [2.24, 2.45) is 0 Å². The van der Waals surface area contributed by atoms with Crippen LogP contribution in [0.5, 0.6) is 0 Å². The maximum absolute atomic E-state index is 5.81. The van der Waals surface area contributed by atoms with E-state index in [1.165, 1.54) is 32.3 Å². The maximum Gasteiger partial charge on any atom is 0.0528 e. The van der Waals surface area contributed by atoms with E-state index in [1.54, 1.807) is 0 Å². The minimum atomic E-state index is 0.911. The molecule has 5 rings (SSSR count). The van der Waals surface area contributed by atoms with Gasteiger partial charge in [0.1, 0.15) is 0 Å². The number of hydrogen-bond acceptors (Lipinski definition) is 1. The Morgan fingerprint density at radius 1 is 0.542 bits per heavy atom. The van der Waals surface area contributed by atoms with Gasteiger partial charge in [0.25, 0.3) is 0 Å². The van der Waals surface area contributed by atoms with Crippen LogP contribution >= 0.6 is 12.2 Å². The van der Waals surface area contributed by atoms with Gasteiger partial charge in [0, 0.05) is 5.56 Å². The maximum atomic E-state index is 5.81. The molecule has 0 unspecified atom stereocenters. The Morgan fingerprint density at radius 3 is 1.92 bits per heavy atom. The van der Waals surface area contributed by atoms with E-state index in [9.17, 15) is 0 Å². The molecule has 0 nitrogen and oxygen atoms in total. The smallest absolute Gasteiger partial charge is 0.0528 e. The molecule has 0 aliphatic rings. The van der Waals surface area contributed by atoms with E-state index in [0.29, 0.717) is 0 Å². The molecule has 0 aliphatic heterocycles. The zero-order valence-electron chi connectivity index (χ0n) is 13.0. The summed E-state index contributed by atoms with van der Waals surface area (Å²) in [4.78, 5) is 0.911. The van der Waals surface area contributed by atoms with Crippen molar-refractivity contribution in [1.82, 2.24) is 0 Å². The van der Waals surface area contributed by atoms with Crippen molar-refractivity contribution in [3.05, 3.63) is 96.1 Å². The molecule has 0 bridgehead atoms. The van der Waals surface area contributed by atoms with Crippen LogP contribution in [0.25, 0.3) is 32.3 Å². The molecule has 0 saturated carbocycles. The molecule has 0 saturated heterocycles. The fourth-order valence-corrected chi connectivity index (χ4v) is 3.99. The summed E-state index contributed by atoms with van der Waals surface area (Å²) in [6.45, 7) is 0. The Morgan fingerprint density at radius 2 is 1.17 bits per heavy atom. The lowest BCUT2D eigenvalue weighted by Crippen LogP contribution is -2.01. The highest BCUT2D eigenvalue weighted by Crippen LogP contribution is 2.36. The molecule has 0 fully saturated rings. The van der Waals surface area contributed by atoms with Gasteiger partial charge in [-0.3, -0.25) is 0 Å². The predicted molar refractivity (Wildman–Crippen MR) is 107 cm³/mol. The third-order valence-electron chi connectivity index (χ3n) is 4.81. The standard InChI is InChI=1S/C23H14S/c24-23(18-5-2-1-3-6-18)20-14-12-17-10-9-15-7-4-8-16-11-13-19(20)22(17)21(15)16/h1-14H. The first-order chi connectivity index (χ1) is 11.8. The largest absolute Gasteiger partial charge is 0.0788 e. The number of hydrogen-bond donors (Lipinski definition) is 0. The van der Waals surface area contributed by atoms with E-state index in [-0.39, 0.29) is 0 Å².